The number of methoxy groups -OCH3 is 2. The minimum atomic E-state index is -0.471. The monoisotopic (exact) mass is 262 g/mol. The minimum Gasteiger partial charge on any atom is -0.493 e. The highest BCUT2D eigenvalue weighted by molar-refractivity contribution is 5.42. The highest BCUT2D eigenvalue weighted by Gasteiger charge is 2.12. The second kappa shape index (κ2) is 5.75. The lowest BCUT2D eigenvalue weighted by molar-refractivity contribution is 0.199. The van der Waals surface area contributed by atoms with Crippen LogP contribution in [-0.4, -0.2) is 28.9 Å². The van der Waals surface area contributed by atoms with Crippen molar-refractivity contribution in [2.75, 3.05) is 14.2 Å². The van der Waals surface area contributed by atoms with Crippen LogP contribution < -0.4 is 9.47 Å². The number of rotatable bonds is 5. The van der Waals surface area contributed by atoms with Crippen molar-refractivity contribution in [3.05, 3.63) is 42.0 Å². The molecule has 1 N–H and O–H groups in total. The molecule has 0 aliphatic carbocycles. The second-order valence-electron chi connectivity index (χ2n) is 4.29. The quantitative estimate of drug-likeness (QED) is 0.895. The molecule has 2 aromatic heterocycles. The zero-order valence-corrected chi connectivity index (χ0v) is 11.3. The summed E-state index contributed by atoms with van der Waals surface area (Å²) in [4.78, 5) is 4.32. The molecule has 5 nitrogen and oxygen atoms in total. The van der Waals surface area contributed by atoms with E-state index in [-0.39, 0.29) is 0 Å². The standard InChI is InChI=1S/C14H18N2O3/c1-10(17)11-5-7-16(8-11)9-12-14(19-3)13(18-2)4-6-15-12/h4-8,10,17H,9H2,1-3H3. The number of hydrogen-bond donors (Lipinski definition) is 1. The van der Waals surface area contributed by atoms with Gasteiger partial charge >= 0.3 is 0 Å². The molecule has 0 radical (unpaired) electrons. The molecule has 0 saturated heterocycles. The zero-order valence-electron chi connectivity index (χ0n) is 11.3. The average molecular weight is 262 g/mol. The summed E-state index contributed by atoms with van der Waals surface area (Å²) < 4.78 is 12.5. The predicted molar refractivity (Wildman–Crippen MR) is 71.5 cm³/mol. The van der Waals surface area contributed by atoms with Gasteiger partial charge in [-0.25, -0.2) is 0 Å². The van der Waals surface area contributed by atoms with Crippen molar-refractivity contribution >= 4 is 0 Å². The average Bonchev–Trinajstić information content (AvgIpc) is 2.87. The van der Waals surface area contributed by atoms with Gasteiger partial charge < -0.3 is 19.1 Å². The SMILES string of the molecule is COc1ccnc(Cn2ccc(C(C)O)c2)c1OC. The van der Waals surface area contributed by atoms with E-state index in [1.54, 1.807) is 33.4 Å². The maximum Gasteiger partial charge on any atom is 0.184 e. The molecule has 5 heteroatoms. The van der Waals surface area contributed by atoms with Crippen LogP contribution in [0.5, 0.6) is 11.5 Å². The lowest BCUT2D eigenvalue weighted by atomic mass is 10.2. The fraction of sp³-hybridized carbons (Fsp3) is 0.357. The first-order chi connectivity index (χ1) is 9.15. The van der Waals surface area contributed by atoms with Gasteiger partial charge in [0.1, 0.15) is 5.69 Å². The number of hydrogen-bond acceptors (Lipinski definition) is 4. The van der Waals surface area contributed by atoms with Crippen LogP contribution in [0.25, 0.3) is 0 Å². The Morgan fingerprint density at radius 1 is 1.32 bits per heavy atom. The van der Waals surface area contributed by atoms with Crippen molar-refractivity contribution in [1.82, 2.24) is 9.55 Å². The topological polar surface area (TPSA) is 56.5 Å². The first kappa shape index (κ1) is 13.4. The van der Waals surface area contributed by atoms with Gasteiger partial charge in [0, 0.05) is 24.7 Å². The summed E-state index contributed by atoms with van der Waals surface area (Å²) in [7, 11) is 3.20. The molecule has 1 unspecified atom stereocenters. The van der Waals surface area contributed by atoms with Gasteiger partial charge in [-0.15, -0.1) is 0 Å². The predicted octanol–water partition coefficient (Wildman–Crippen LogP) is 2.00. The van der Waals surface area contributed by atoms with Crippen LogP contribution in [0.2, 0.25) is 0 Å². The summed E-state index contributed by atoms with van der Waals surface area (Å²) in [5.74, 6) is 1.30. The fourth-order valence-electron chi connectivity index (χ4n) is 1.94. The van der Waals surface area contributed by atoms with Crippen molar-refractivity contribution in [2.45, 2.75) is 19.6 Å². The molecule has 0 aliphatic rings. The first-order valence-electron chi connectivity index (χ1n) is 6.05. The molecule has 2 aromatic rings. The lowest BCUT2D eigenvalue weighted by Crippen LogP contribution is -2.03. The van der Waals surface area contributed by atoms with E-state index >= 15 is 0 Å². The van der Waals surface area contributed by atoms with E-state index in [0.29, 0.717) is 18.0 Å². The highest BCUT2D eigenvalue weighted by atomic mass is 16.5. The van der Waals surface area contributed by atoms with Gasteiger partial charge in [-0.2, -0.15) is 0 Å². The first-order valence-corrected chi connectivity index (χ1v) is 6.05. The highest BCUT2D eigenvalue weighted by Crippen LogP contribution is 2.29. The summed E-state index contributed by atoms with van der Waals surface area (Å²) in [6.07, 6.45) is 5.02. The van der Waals surface area contributed by atoms with E-state index in [1.165, 1.54) is 0 Å². The summed E-state index contributed by atoms with van der Waals surface area (Å²) >= 11 is 0. The minimum absolute atomic E-state index is 0.471. The zero-order chi connectivity index (χ0) is 13.8. The van der Waals surface area contributed by atoms with Crippen molar-refractivity contribution in [3.8, 4) is 11.5 Å². The number of pyridine rings is 1. The molecule has 0 aromatic carbocycles. The Morgan fingerprint density at radius 2 is 2.11 bits per heavy atom. The molecule has 0 bridgehead atoms. The smallest absolute Gasteiger partial charge is 0.184 e. The molecule has 0 fully saturated rings. The van der Waals surface area contributed by atoms with Gasteiger partial charge in [0.15, 0.2) is 11.5 Å². The Kier molecular flexibility index (Phi) is 4.06. The third-order valence-electron chi connectivity index (χ3n) is 2.95. The lowest BCUT2D eigenvalue weighted by Gasteiger charge is -2.12. The maximum absolute atomic E-state index is 9.51. The summed E-state index contributed by atoms with van der Waals surface area (Å²) in [5, 5.41) is 9.51. The molecule has 0 saturated carbocycles. The van der Waals surface area contributed by atoms with Crippen LogP contribution in [0.15, 0.2) is 30.7 Å². The van der Waals surface area contributed by atoms with Gasteiger partial charge in [0.2, 0.25) is 0 Å². The van der Waals surface area contributed by atoms with Crippen LogP contribution in [0, 0.1) is 0 Å². The normalized spacial score (nSPS) is 12.2. The van der Waals surface area contributed by atoms with Crippen LogP contribution in [0.1, 0.15) is 24.3 Å². The van der Waals surface area contributed by atoms with Gasteiger partial charge in [-0.3, -0.25) is 4.98 Å². The van der Waals surface area contributed by atoms with Crippen molar-refractivity contribution < 1.29 is 14.6 Å². The summed E-state index contributed by atoms with van der Waals surface area (Å²) in [6, 6.07) is 3.65. The van der Waals surface area contributed by atoms with E-state index in [9.17, 15) is 5.11 Å². The van der Waals surface area contributed by atoms with Crippen molar-refractivity contribution in [3.63, 3.8) is 0 Å². The summed E-state index contributed by atoms with van der Waals surface area (Å²) in [6.45, 7) is 2.30. The van der Waals surface area contributed by atoms with Gasteiger partial charge in [0.25, 0.3) is 0 Å². The van der Waals surface area contributed by atoms with Crippen LogP contribution in [-0.2, 0) is 6.54 Å². The van der Waals surface area contributed by atoms with Crippen molar-refractivity contribution in [2.24, 2.45) is 0 Å². The Bertz CT molecular complexity index is 549. The molecular formula is C14H18N2O3. The van der Waals surface area contributed by atoms with Gasteiger partial charge in [-0.05, 0) is 18.6 Å². The van der Waals surface area contributed by atoms with Gasteiger partial charge in [-0.1, -0.05) is 0 Å². The fourth-order valence-corrected chi connectivity index (χ4v) is 1.94. The number of aliphatic hydroxyl groups is 1. The number of ether oxygens (including phenoxy) is 2. The van der Waals surface area contributed by atoms with E-state index in [0.717, 1.165) is 11.3 Å². The summed E-state index contributed by atoms with van der Waals surface area (Å²) in [5.41, 5.74) is 1.66. The molecule has 0 spiro atoms. The van der Waals surface area contributed by atoms with Gasteiger partial charge in [0.05, 0.1) is 26.9 Å². The Labute approximate surface area is 112 Å². The van der Waals surface area contributed by atoms with Crippen LogP contribution in [0.3, 0.4) is 0 Å². The van der Waals surface area contributed by atoms with E-state index in [4.69, 9.17) is 9.47 Å². The molecule has 0 amide bonds. The van der Waals surface area contributed by atoms with E-state index in [1.807, 2.05) is 23.0 Å². The van der Waals surface area contributed by atoms with Crippen LogP contribution in [0.4, 0.5) is 0 Å². The molecule has 1 atom stereocenters. The molecule has 2 heterocycles. The maximum atomic E-state index is 9.51. The number of nitrogens with zero attached hydrogens (tertiary/aromatic N) is 2. The molecule has 19 heavy (non-hydrogen) atoms. The molecule has 0 aliphatic heterocycles. The molecule has 102 valence electrons. The number of aromatic nitrogens is 2. The van der Waals surface area contributed by atoms with E-state index < -0.39 is 6.10 Å². The largest absolute Gasteiger partial charge is 0.493 e. The second-order valence-corrected chi connectivity index (χ2v) is 4.29. The van der Waals surface area contributed by atoms with Crippen LogP contribution >= 0.6 is 0 Å². The van der Waals surface area contributed by atoms with Crippen molar-refractivity contribution in [1.29, 1.82) is 0 Å². The van der Waals surface area contributed by atoms with E-state index in [2.05, 4.69) is 4.98 Å². The third-order valence-corrected chi connectivity index (χ3v) is 2.95. The molecule has 2 rings (SSSR count). The Balaban J connectivity index is 2.27. The molecular weight excluding hydrogens is 244 g/mol. The number of aliphatic hydroxyl groups excluding tert-OH is 1. The Hall–Kier alpha value is -2.01. The third kappa shape index (κ3) is 2.88. The Morgan fingerprint density at radius 3 is 2.68 bits per heavy atom.